The maximum atomic E-state index is 12.1. The van der Waals surface area contributed by atoms with Gasteiger partial charge >= 0.3 is 0 Å². The van der Waals surface area contributed by atoms with E-state index < -0.39 is 10.0 Å². The fourth-order valence-electron chi connectivity index (χ4n) is 2.31. The van der Waals surface area contributed by atoms with Gasteiger partial charge in [-0.1, -0.05) is 24.3 Å². The van der Waals surface area contributed by atoms with Gasteiger partial charge in [-0.15, -0.1) is 4.40 Å². The summed E-state index contributed by atoms with van der Waals surface area (Å²) >= 11 is 0. The molecule has 0 bridgehead atoms. The molecule has 2 aromatic rings. The molecular formula is C15H15N3O2S. The van der Waals surface area contributed by atoms with Crippen molar-refractivity contribution in [2.24, 2.45) is 10.1 Å². The van der Waals surface area contributed by atoms with E-state index in [1.54, 1.807) is 36.2 Å². The molecule has 1 heterocycles. The van der Waals surface area contributed by atoms with Crippen LogP contribution in [0.15, 0.2) is 57.8 Å². The second kappa shape index (κ2) is 4.98. The van der Waals surface area contributed by atoms with Gasteiger partial charge in [0.15, 0.2) is 5.84 Å². The van der Waals surface area contributed by atoms with Crippen molar-refractivity contribution in [3.8, 4) is 0 Å². The minimum Gasteiger partial charge on any atom is -0.328 e. The topological polar surface area (TPSA) is 75.8 Å². The van der Waals surface area contributed by atoms with Gasteiger partial charge in [-0.25, -0.2) is 0 Å². The van der Waals surface area contributed by atoms with E-state index in [-0.39, 0.29) is 4.90 Å². The minimum atomic E-state index is -3.59. The first-order valence-electron chi connectivity index (χ1n) is 6.50. The number of hydrogen-bond donors (Lipinski definition) is 1. The average Bonchev–Trinajstić information content (AvgIpc) is 2.79. The summed E-state index contributed by atoms with van der Waals surface area (Å²) in [6, 6.07) is 14.5. The summed E-state index contributed by atoms with van der Waals surface area (Å²) in [7, 11) is -1.79. The van der Waals surface area contributed by atoms with Crippen molar-refractivity contribution < 1.29 is 8.42 Å². The zero-order valence-electron chi connectivity index (χ0n) is 11.5. The van der Waals surface area contributed by atoms with Crippen molar-refractivity contribution in [1.29, 1.82) is 0 Å². The van der Waals surface area contributed by atoms with E-state index in [1.807, 2.05) is 24.3 Å². The molecule has 3 rings (SSSR count). The SMILES string of the molecule is CN(C1=NS(=O)(=O)c2ccccc21)c1ccc(CN)cc1. The maximum absolute atomic E-state index is 12.1. The van der Waals surface area contributed by atoms with Crippen molar-refractivity contribution in [2.45, 2.75) is 11.4 Å². The van der Waals surface area contributed by atoms with Crippen LogP contribution in [-0.4, -0.2) is 21.3 Å². The molecular weight excluding hydrogens is 286 g/mol. The molecule has 108 valence electrons. The fraction of sp³-hybridized carbons (Fsp3) is 0.133. The molecule has 1 aliphatic heterocycles. The lowest BCUT2D eigenvalue weighted by Gasteiger charge is -2.19. The largest absolute Gasteiger partial charge is 0.328 e. The van der Waals surface area contributed by atoms with Crippen LogP contribution in [-0.2, 0) is 16.6 Å². The van der Waals surface area contributed by atoms with Gasteiger partial charge in [0.1, 0.15) is 4.90 Å². The predicted octanol–water partition coefficient (Wildman–Crippen LogP) is 1.73. The van der Waals surface area contributed by atoms with Crippen LogP contribution in [0.2, 0.25) is 0 Å². The van der Waals surface area contributed by atoms with Crippen LogP contribution in [0.3, 0.4) is 0 Å². The van der Waals surface area contributed by atoms with Gasteiger partial charge < -0.3 is 10.6 Å². The van der Waals surface area contributed by atoms with E-state index in [0.29, 0.717) is 17.9 Å². The van der Waals surface area contributed by atoms with Gasteiger partial charge in [-0.3, -0.25) is 0 Å². The van der Waals surface area contributed by atoms with Gasteiger partial charge in [0.25, 0.3) is 10.0 Å². The molecule has 21 heavy (non-hydrogen) atoms. The lowest BCUT2D eigenvalue weighted by atomic mass is 10.1. The van der Waals surface area contributed by atoms with Crippen LogP contribution >= 0.6 is 0 Å². The molecule has 0 atom stereocenters. The quantitative estimate of drug-likeness (QED) is 0.916. The molecule has 0 amide bonds. The van der Waals surface area contributed by atoms with E-state index in [2.05, 4.69) is 4.40 Å². The summed E-state index contributed by atoms with van der Waals surface area (Å²) in [5, 5.41) is 0. The Morgan fingerprint density at radius 2 is 1.76 bits per heavy atom. The number of nitrogens with zero attached hydrogens (tertiary/aromatic N) is 2. The highest BCUT2D eigenvalue weighted by Crippen LogP contribution is 2.29. The first-order valence-corrected chi connectivity index (χ1v) is 7.94. The van der Waals surface area contributed by atoms with Crippen LogP contribution < -0.4 is 10.6 Å². The van der Waals surface area contributed by atoms with Gasteiger partial charge in [-0.2, -0.15) is 8.42 Å². The summed E-state index contributed by atoms with van der Waals surface area (Å²) in [5.74, 6) is 0.436. The standard InChI is InChI=1S/C15H15N3O2S/c1-18(12-8-6-11(10-16)7-9-12)15-13-4-2-3-5-14(13)21(19,20)17-15/h2-9H,10,16H2,1H3. The first kappa shape index (κ1) is 13.8. The monoisotopic (exact) mass is 301 g/mol. The summed E-state index contributed by atoms with van der Waals surface area (Å²) in [6.45, 7) is 0.474. The number of benzene rings is 2. The highest BCUT2D eigenvalue weighted by Gasteiger charge is 2.30. The second-order valence-corrected chi connectivity index (χ2v) is 6.39. The van der Waals surface area contributed by atoms with Gasteiger partial charge in [0.2, 0.25) is 0 Å². The van der Waals surface area contributed by atoms with Crippen LogP contribution in [0.25, 0.3) is 0 Å². The normalized spacial score (nSPS) is 15.4. The highest BCUT2D eigenvalue weighted by molar-refractivity contribution is 7.90. The van der Waals surface area contributed by atoms with Crippen LogP contribution in [0.4, 0.5) is 5.69 Å². The Balaban J connectivity index is 2.04. The van der Waals surface area contributed by atoms with Crippen molar-refractivity contribution in [3.63, 3.8) is 0 Å². The van der Waals surface area contributed by atoms with E-state index in [1.165, 1.54) is 0 Å². The molecule has 2 N–H and O–H groups in total. The number of hydrogen-bond acceptors (Lipinski definition) is 4. The zero-order valence-corrected chi connectivity index (χ0v) is 12.3. The summed E-state index contributed by atoms with van der Waals surface area (Å²) in [5.41, 5.74) is 8.09. The Bertz CT molecular complexity index is 811. The summed E-state index contributed by atoms with van der Waals surface area (Å²) in [4.78, 5) is 2.02. The second-order valence-electron chi connectivity index (χ2n) is 4.82. The van der Waals surface area contributed by atoms with E-state index in [9.17, 15) is 8.42 Å². The van der Waals surface area contributed by atoms with Crippen molar-refractivity contribution in [1.82, 2.24) is 0 Å². The Hall–Kier alpha value is -2.18. The molecule has 0 aliphatic carbocycles. The number of nitrogens with two attached hydrogens (primary N) is 1. The van der Waals surface area contributed by atoms with Crippen molar-refractivity contribution >= 4 is 21.5 Å². The molecule has 0 fully saturated rings. The third kappa shape index (κ3) is 2.32. The van der Waals surface area contributed by atoms with Crippen LogP contribution in [0.5, 0.6) is 0 Å². The molecule has 0 radical (unpaired) electrons. The Kier molecular flexibility index (Phi) is 3.27. The van der Waals surface area contributed by atoms with Crippen molar-refractivity contribution in [3.05, 3.63) is 59.7 Å². The van der Waals surface area contributed by atoms with Gasteiger partial charge in [-0.05, 0) is 29.8 Å². The smallest absolute Gasteiger partial charge is 0.285 e. The number of amidine groups is 1. The zero-order chi connectivity index (χ0) is 15.0. The van der Waals surface area contributed by atoms with E-state index in [4.69, 9.17) is 5.73 Å². The molecule has 0 spiro atoms. The molecule has 6 heteroatoms. The number of sulfonamides is 1. The van der Waals surface area contributed by atoms with Gasteiger partial charge in [0.05, 0.1) is 0 Å². The maximum Gasteiger partial charge on any atom is 0.285 e. The molecule has 1 aliphatic rings. The van der Waals surface area contributed by atoms with E-state index in [0.717, 1.165) is 11.3 Å². The number of fused-ring (bicyclic) bond motifs is 1. The molecule has 0 saturated carbocycles. The van der Waals surface area contributed by atoms with E-state index >= 15 is 0 Å². The molecule has 2 aromatic carbocycles. The fourth-order valence-corrected chi connectivity index (χ4v) is 3.54. The van der Waals surface area contributed by atoms with Crippen LogP contribution in [0.1, 0.15) is 11.1 Å². The Morgan fingerprint density at radius 1 is 1.10 bits per heavy atom. The lowest BCUT2D eigenvalue weighted by molar-refractivity contribution is 0.599. The third-order valence-corrected chi connectivity index (χ3v) is 4.81. The first-order chi connectivity index (χ1) is 10.0. The lowest BCUT2D eigenvalue weighted by Crippen LogP contribution is -2.26. The summed E-state index contributed by atoms with van der Waals surface area (Å²) in [6.07, 6.45) is 0. The molecule has 0 saturated heterocycles. The Labute approximate surface area is 123 Å². The average molecular weight is 301 g/mol. The molecule has 5 nitrogen and oxygen atoms in total. The Morgan fingerprint density at radius 3 is 2.43 bits per heavy atom. The number of anilines is 1. The van der Waals surface area contributed by atoms with Crippen molar-refractivity contribution in [2.75, 3.05) is 11.9 Å². The third-order valence-electron chi connectivity index (χ3n) is 3.49. The molecule has 0 unspecified atom stereocenters. The number of rotatable bonds is 2. The predicted molar refractivity (Wildman–Crippen MR) is 82.9 cm³/mol. The van der Waals surface area contributed by atoms with Gasteiger partial charge in [0, 0.05) is 24.8 Å². The highest BCUT2D eigenvalue weighted by atomic mass is 32.2. The summed E-state index contributed by atoms with van der Waals surface area (Å²) < 4.78 is 28.0. The van der Waals surface area contributed by atoms with Crippen LogP contribution in [0, 0.1) is 0 Å². The molecule has 0 aromatic heterocycles. The minimum absolute atomic E-state index is 0.255.